The Bertz CT molecular complexity index is 278. The third-order valence-electron chi connectivity index (χ3n) is 2.13. The normalized spacial score (nSPS) is 11.6. The van der Waals surface area contributed by atoms with Gasteiger partial charge in [-0.1, -0.05) is 20.8 Å². The smallest absolute Gasteiger partial charge is 0.197 e. The highest BCUT2D eigenvalue weighted by Crippen LogP contribution is 2.22. The number of ketones is 1. The molecule has 78 valence electrons. The lowest BCUT2D eigenvalue weighted by atomic mass is 9.89. The average molecular weight is 194 g/mol. The fraction of sp³-hybridized carbons (Fsp3) is 0.583. The Kier molecular flexibility index (Phi) is 3.50. The van der Waals surface area contributed by atoms with Crippen molar-refractivity contribution in [3.8, 4) is 0 Å². The predicted molar refractivity (Wildman–Crippen MR) is 56.3 cm³/mol. The minimum Gasteiger partial charge on any atom is -0.461 e. The summed E-state index contributed by atoms with van der Waals surface area (Å²) < 4.78 is 5.03. The van der Waals surface area contributed by atoms with Crippen molar-refractivity contribution in [3.05, 3.63) is 24.2 Å². The Morgan fingerprint density at radius 2 is 2.14 bits per heavy atom. The number of hydrogen-bond acceptors (Lipinski definition) is 2. The molecule has 1 aromatic heterocycles. The van der Waals surface area contributed by atoms with E-state index in [-0.39, 0.29) is 5.78 Å². The largest absolute Gasteiger partial charge is 0.461 e. The quantitative estimate of drug-likeness (QED) is 0.684. The van der Waals surface area contributed by atoms with E-state index in [2.05, 4.69) is 20.8 Å². The first kappa shape index (κ1) is 11.0. The average Bonchev–Trinajstić information content (AvgIpc) is 2.53. The fourth-order valence-electron chi connectivity index (χ4n) is 1.34. The van der Waals surface area contributed by atoms with Crippen molar-refractivity contribution in [3.63, 3.8) is 0 Å². The molecule has 0 amide bonds. The summed E-state index contributed by atoms with van der Waals surface area (Å²) in [6, 6.07) is 3.47. The van der Waals surface area contributed by atoms with E-state index in [0.29, 0.717) is 17.6 Å². The molecule has 0 N–H and O–H groups in total. The predicted octanol–water partition coefficient (Wildman–Crippen LogP) is 3.68. The van der Waals surface area contributed by atoms with Gasteiger partial charge >= 0.3 is 0 Å². The Balaban J connectivity index is 2.30. The van der Waals surface area contributed by atoms with Crippen LogP contribution in [0.4, 0.5) is 0 Å². The number of carbonyl (C=O) groups is 1. The van der Waals surface area contributed by atoms with E-state index < -0.39 is 0 Å². The van der Waals surface area contributed by atoms with Crippen LogP contribution in [0.15, 0.2) is 22.8 Å². The zero-order valence-electron chi connectivity index (χ0n) is 9.17. The first-order valence-electron chi connectivity index (χ1n) is 5.06. The topological polar surface area (TPSA) is 30.2 Å². The Morgan fingerprint density at radius 1 is 1.43 bits per heavy atom. The van der Waals surface area contributed by atoms with Gasteiger partial charge < -0.3 is 4.42 Å². The van der Waals surface area contributed by atoms with Crippen molar-refractivity contribution in [1.29, 1.82) is 0 Å². The van der Waals surface area contributed by atoms with Gasteiger partial charge in [0, 0.05) is 6.42 Å². The standard InChI is InChI=1S/C12H18O2/c1-12(2,3)8-4-6-10(13)11-7-5-9-14-11/h5,7,9H,4,6,8H2,1-3H3. The summed E-state index contributed by atoms with van der Waals surface area (Å²) in [5, 5.41) is 0. The fourth-order valence-corrected chi connectivity index (χ4v) is 1.34. The van der Waals surface area contributed by atoms with E-state index in [9.17, 15) is 4.79 Å². The second-order valence-corrected chi connectivity index (χ2v) is 4.81. The van der Waals surface area contributed by atoms with Crippen molar-refractivity contribution in [1.82, 2.24) is 0 Å². The van der Waals surface area contributed by atoms with Gasteiger partial charge in [0.25, 0.3) is 0 Å². The van der Waals surface area contributed by atoms with Crippen molar-refractivity contribution in [2.75, 3.05) is 0 Å². The Labute approximate surface area is 85.3 Å². The summed E-state index contributed by atoms with van der Waals surface area (Å²) in [6.45, 7) is 6.55. The van der Waals surface area contributed by atoms with Gasteiger partial charge in [-0.25, -0.2) is 0 Å². The van der Waals surface area contributed by atoms with Crippen LogP contribution in [-0.4, -0.2) is 5.78 Å². The second kappa shape index (κ2) is 4.45. The van der Waals surface area contributed by atoms with Crippen LogP contribution in [0.2, 0.25) is 0 Å². The highest BCUT2D eigenvalue weighted by atomic mass is 16.3. The number of Topliss-reactive ketones (excluding diaryl/α,β-unsaturated/α-hetero) is 1. The van der Waals surface area contributed by atoms with E-state index in [1.54, 1.807) is 12.1 Å². The van der Waals surface area contributed by atoms with Gasteiger partial charge in [0.2, 0.25) is 0 Å². The van der Waals surface area contributed by atoms with Crippen molar-refractivity contribution in [2.24, 2.45) is 5.41 Å². The van der Waals surface area contributed by atoms with Gasteiger partial charge in [-0.2, -0.15) is 0 Å². The van der Waals surface area contributed by atoms with Crippen molar-refractivity contribution < 1.29 is 9.21 Å². The van der Waals surface area contributed by atoms with Crippen LogP contribution in [0.3, 0.4) is 0 Å². The first-order chi connectivity index (χ1) is 6.49. The lowest BCUT2D eigenvalue weighted by Crippen LogP contribution is -2.06. The molecule has 2 nitrogen and oxygen atoms in total. The monoisotopic (exact) mass is 194 g/mol. The Morgan fingerprint density at radius 3 is 2.64 bits per heavy atom. The molecular weight excluding hydrogens is 176 g/mol. The first-order valence-corrected chi connectivity index (χ1v) is 5.06. The summed E-state index contributed by atoms with van der Waals surface area (Å²) >= 11 is 0. The van der Waals surface area contributed by atoms with Crippen molar-refractivity contribution in [2.45, 2.75) is 40.0 Å². The van der Waals surface area contributed by atoms with Gasteiger partial charge in [0.1, 0.15) is 0 Å². The van der Waals surface area contributed by atoms with Gasteiger partial charge in [-0.05, 0) is 30.4 Å². The van der Waals surface area contributed by atoms with Gasteiger partial charge in [0.05, 0.1) is 6.26 Å². The van der Waals surface area contributed by atoms with Crippen molar-refractivity contribution >= 4 is 5.78 Å². The zero-order chi connectivity index (χ0) is 10.6. The molecule has 0 unspecified atom stereocenters. The van der Waals surface area contributed by atoms with Crippen LogP contribution in [0, 0.1) is 5.41 Å². The second-order valence-electron chi connectivity index (χ2n) is 4.81. The molecule has 0 radical (unpaired) electrons. The summed E-state index contributed by atoms with van der Waals surface area (Å²) in [5.41, 5.74) is 0.309. The molecular formula is C12H18O2. The van der Waals surface area contributed by atoms with E-state index in [1.165, 1.54) is 6.26 Å². The van der Waals surface area contributed by atoms with Crippen LogP contribution in [0.5, 0.6) is 0 Å². The molecule has 1 rings (SSSR count). The highest BCUT2D eigenvalue weighted by molar-refractivity contribution is 5.93. The molecule has 0 saturated carbocycles. The lowest BCUT2D eigenvalue weighted by molar-refractivity contribution is 0.0949. The maximum Gasteiger partial charge on any atom is 0.197 e. The summed E-state index contributed by atoms with van der Waals surface area (Å²) in [7, 11) is 0. The number of furan rings is 1. The number of hydrogen-bond donors (Lipinski definition) is 0. The van der Waals surface area contributed by atoms with E-state index in [0.717, 1.165) is 12.8 Å². The van der Waals surface area contributed by atoms with Crippen LogP contribution in [-0.2, 0) is 0 Å². The maximum atomic E-state index is 11.5. The van der Waals surface area contributed by atoms with Crippen LogP contribution >= 0.6 is 0 Å². The minimum atomic E-state index is 0.110. The van der Waals surface area contributed by atoms with Gasteiger partial charge in [-0.15, -0.1) is 0 Å². The molecule has 0 aliphatic heterocycles. The molecule has 0 atom stereocenters. The zero-order valence-corrected chi connectivity index (χ0v) is 9.17. The molecule has 14 heavy (non-hydrogen) atoms. The maximum absolute atomic E-state index is 11.5. The third kappa shape index (κ3) is 3.77. The number of rotatable bonds is 4. The van der Waals surface area contributed by atoms with Gasteiger partial charge in [0.15, 0.2) is 11.5 Å². The molecule has 2 heteroatoms. The lowest BCUT2D eigenvalue weighted by Gasteiger charge is -2.16. The molecule has 0 bridgehead atoms. The molecule has 0 spiro atoms. The minimum absolute atomic E-state index is 0.110. The van der Waals surface area contributed by atoms with Gasteiger partial charge in [-0.3, -0.25) is 4.79 Å². The molecule has 0 saturated heterocycles. The molecule has 1 aromatic rings. The van der Waals surface area contributed by atoms with Crippen LogP contribution in [0.25, 0.3) is 0 Å². The molecule has 0 aliphatic rings. The highest BCUT2D eigenvalue weighted by Gasteiger charge is 2.13. The molecule has 0 fully saturated rings. The molecule has 1 heterocycles. The molecule has 0 aromatic carbocycles. The van der Waals surface area contributed by atoms with E-state index in [4.69, 9.17) is 4.42 Å². The summed E-state index contributed by atoms with van der Waals surface area (Å²) in [5.74, 6) is 0.596. The van der Waals surface area contributed by atoms with Crippen LogP contribution < -0.4 is 0 Å². The molecule has 0 aliphatic carbocycles. The van der Waals surface area contributed by atoms with Crippen LogP contribution in [0.1, 0.15) is 50.6 Å². The number of carbonyl (C=O) groups excluding carboxylic acids is 1. The summed E-state index contributed by atoms with van der Waals surface area (Å²) in [4.78, 5) is 11.5. The van der Waals surface area contributed by atoms with E-state index >= 15 is 0 Å². The summed E-state index contributed by atoms with van der Waals surface area (Å²) in [6.07, 6.45) is 4.13. The Hall–Kier alpha value is -1.05. The van der Waals surface area contributed by atoms with E-state index in [1.807, 2.05) is 0 Å². The third-order valence-corrected chi connectivity index (χ3v) is 2.13. The SMILES string of the molecule is CC(C)(C)CCCC(=O)c1ccco1.